The number of carboxylic acids is 1. The number of hydrogen-bond acceptors (Lipinski definition) is 4. The molecule has 0 bridgehead atoms. The summed E-state index contributed by atoms with van der Waals surface area (Å²) in [5.41, 5.74) is 2.38. The fourth-order valence-corrected chi connectivity index (χ4v) is 3.00. The molecule has 20 heavy (non-hydrogen) atoms. The van der Waals surface area contributed by atoms with Crippen molar-refractivity contribution in [3.63, 3.8) is 0 Å². The number of aromatic nitrogens is 3. The Hall–Kier alpha value is -1.82. The maximum atomic E-state index is 10.7. The summed E-state index contributed by atoms with van der Waals surface area (Å²) < 4.78 is 1.98. The first-order valence-corrected chi connectivity index (χ1v) is 7.31. The lowest BCUT2D eigenvalue weighted by atomic mass is 10.0. The van der Waals surface area contributed by atoms with Crippen molar-refractivity contribution in [1.82, 2.24) is 14.8 Å². The maximum absolute atomic E-state index is 10.7. The Labute approximate surface area is 122 Å². The van der Waals surface area contributed by atoms with Gasteiger partial charge in [0.2, 0.25) is 0 Å². The first-order chi connectivity index (χ1) is 9.50. The molecule has 1 atom stereocenters. The predicted molar refractivity (Wildman–Crippen MR) is 78.1 cm³/mol. The summed E-state index contributed by atoms with van der Waals surface area (Å²) in [7, 11) is 0. The summed E-state index contributed by atoms with van der Waals surface area (Å²) in [6, 6.07) is 8.22. The van der Waals surface area contributed by atoms with Crippen LogP contribution < -0.4 is 0 Å². The third-order valence-electron chi connectivity index (χ3n) is 3.19. The highest BCUT2D eigenvalue weighted by Crippen LogP contribution is 2.27. The molecule has 2 rings (SSSR count). The fraction of sp³-hybridized carbons (Fsp3) is 0.357. The Kier molecular flexibility index (Phi) is 4.44. The van der Waals surface area contributed by atoms with E-state index in [0.29, 0.717) is 5.16 Å². The molecule has 1 heterocycles. The van der Waals surface area contributed by atoms with E-state index in [1.165, 1.54) is 22.9 Å². The maximum Gasteiger partial charge on any atom is 0.313 e. The van der Waals surface area contributed by atoms with Gasteiger partial charge in [0.25, 0.3) is 0 Å². The number of benzene rings is 1. The minimum Gasteiger partial charge on any atom is -0.481 e. The number of aryl methyl sites for hydroxylation is 2. The average Bonchev–Trinajstić information content (AvgIpc) is 2.77. The molecule has 1 aromatic heterocycles. The monoisotopic (exact) mass is 291 g/mol. The van der Waals surface area contributed by atoms with Crippen LogP contribution in [0.25, 0.3) is 0 Å². The molecule has 6 heteroatoms. The molecular weight excluding hydrogens is 274 g/mol. The van der Waals surface area contributed by atoms with E-state index >= 15 is 0 Å². The Morgan fingerprint density at radius 2 is 2.05 bits per heavy atom. The van der Waals surface area contributed by atoms with Gasteiger partial charge in [-0.05, 0) is 31.9 Å². The molecule has 5 nitrogen and oxygen atoms in total. The van der Waals surface area contributed by atoms with E-state index in [9.17, 15) is 4.79 Å². The Balaban J connectivity index is 2.34. The van der Waals surface area contributed by atoms with Crippen molar-refractivity contribution >= 4 is 17.7 Å². The number of hydrogen-bond donors (Lipinski definition) is 1. The summed E-state index contributed by atoms with van der Waals surface area (Å²) >= 11 is 1.19. The molecule has 0 aliphatic rings. The summed E-state index contributed by atoms with van der Waals surface area (Å²) in [5.74, 6) is -0.0853. The molecule has 2 aromatic rings. The topological polar surface area (TPSA) is 68.0 Å². The van der Waals surface area contributed by atoms with Crippen molar-refractivity contribution in [2.24, 2.45) is 0 Å². The van der Waals surface area contributed by atoms with Crippen molar-refractivity contribution in [3.8, 4) is 0 Å². The highest BCUT2D eigenvalue weighted by Gasteiger charge is 2.18. The van der Waals surface area contributed by atoms with Gasteiger partial charge in [-0.3, -0.25) is 9.36 Å². The van der Waals surface area contributed by atoms with E-state index in [-0.39, 0.29) is 11.8 Å². The summed E-state index contributed by atoms with van der Waals surface area (Å²) in [5, 5.41) is 17.6. The molecule has 106 valence electrons. The van der Waals surface area contributed by atoms with Crippen LogP contribution in [-0.4, -0.2) is 31.6 Å². The smallest absolute Gasteiger partial charge is 0.313 e. The Bertz CT molecular complexity index is 625. The van der Waals surface area contributed by atoms with Gasteiger partial charge in [-0.1, -0.05) is 36.0 Å². The predicted octanol–water partition coefficient (Wildman–Crippen LogP) is 2.68. The van der Waals surface area contributed by atoms with E-state index in [1.807, 2.05) is 23.6 Å². The van der Waals surface area contributed by atoms with Gasteiger partial charge in [-0.25, -0.2) is 0 Å². The van der Waals surface area contributed by atoms with Crippen LogP contribution in [0.4, 0.5) is 0 Å². The second-order valence-electron chi connectivity index (χ2n) is 4.61. The normalized spacial score (nSPS) is 12.3. The van der Waals surface area contributed by atoms with Crippen LogP contribution in [0.15, 0.2) is 29.4 Å². The van der Waals surface area contributed by atoms with E-state index < -0.39 is 5.97 Å². The summed E-state index contributed by atoms with van der Waals surface area (Å²) in [4.78, 5) is 10.7. The Morgan fingerprint density at radius 1 is 1.35 bits per heavy atom. The number of carboxylic acid groups (broad SMARTS) is 1. The highest BCUT2D eigenvalue weighted by atomic mass is 32.2. The lowest BCUT2D eigenvalue weighted by Crippen LogP contribution is -2.12. The number of aliphatic carboxylic acids is 1. The molecule has 0 aliphatic carbocycles. The Morgan fingerprint density at radius 3 is 2.70 bits per heavy atom. The SMILES string of the molecule is Cc1ccccc1C(C)n1c(C)nnc1SCC(=O)O. The zero-order valence-corrected chi connectivity index (χ0v) is 12.5. The van der Waals surface area contributed by atoms with E-state index in [4.69, 9.17) is 5.11 Å². The molecule has 0 saturated carbocycles. The van der Waals surface area contributed by atoms with Gasteiger partial charge < -0.3 is 5.11 Å². The van der Waals surface area contributed by atoms with Gasteiger partial charge in [-0.2, -0.15) is 0 Å². The van der Waals surface area contributed by atoms with Crippen LogP contribution in [0.5, 0.6) is 0 Å². The van der Waals surface area contributed by atoms with Gasteiger partial charge in [0.15, 0.2) is 5.16 Å². The largest absolute Gasteiger partial charge is 0.481 e. The van der Waals surface area contributed by atoms with Crippen molar-refractivity contribution in [2.75, 3.05) is 5.75 Å². The molecule has 0 saturated heterocycles. The molecule has 0 spiro atoms. The minimum absolute atomic E-state index is 0.0153. The number of carbonyl (C=O) groups is 1. The van der Waals surface area contributed by atoms with Gasteiger partial charge in [0.1, 0.15) is 5.82 Å². The minimum atomic E-state index is -0.856. The first-order valence-electron chi connectivity index (χ1n) is 6.32. The summed E-state index contributed by atoms with van der Waals surface area (Å²) in [6.45, 7) is 6.02. The van der Waals surface area contributed by atoms with Crippen LogP contribution in [0.3, 0.4) is 0 Å². The van der Waals surface area contributed by atoms with Crippen LogP contribution in [-0.2, 0) is 4.79 Å². The molecule has 0 amide bonds. The molecule has 0 radical (unpaired) electrons. The zero-order valence-electron chi connectivity index (χ0n) is 11.7. The van der Waals surface area contributed by atoms with Gasteiger partial charge in [0, 0.05) is 0 Å². The van der Waals surface area contributed by atoms with E-state index in [2.05, 4.69) is 36.2 Å². The van der Waals surface area contributed by atoms with Crippen LogP contribution >= 0.6 is 11.8 Å². The first kappa shape index (κ1) is 14.6. The molecular formula is C14H17N3O2S. The lowest BCUT2D eigenvalue weighted by Gasteiger charge is -2.19. The number of rotatable bonds is 5. The van der Waals surface area contributed by atoms with Crippen molar-refractivity contribution < 1.29 is 9.90 Å². The third kappa shape index (κ3) is 3.01. The van der Waals surface area contributed by atoms with Crippen molar-refractivity contribution in [1.29, 1.82) is 0 Å². The highest BCUT2D eigenvalue weighted by molar-refractivity contribution is 7.99. The van der Waals surface area contributed by atoms with Crippen LogP contribution in [0, 0.1) is 13.8 Å². The van der Waals surface area contributed by atoms with Crippen molar-refractivity contribution in [2.45, 2.75) is 32.0 Å². The molecule has 0 fully saturated rings. The molecule has 1 unspecified atom stereocenters. The third-order valence-corrected chi connectivity index (χ3v) is 4.11. The van der Waals surface area contributed by atoms with Gasteiger partial charge in [0.05, 0.1) is 11.8 Å². The van der Waals surface area contributed by atoms with Crippen LogP contribution in [0.1, 0.15) is 29.9 Å². The number of thioether (sulfide) groups is 1. The molecule has 0 aliphatic heterocycles. The molecule has 1 aromatic carbocycles. The molecule has 1 N–H and O–H groups in total. The second kappa shape index (κ2) is 6.09. The van der Waals surface area contributed by atoms with Gasteiger partial charge in [-0.15, -0.1) is 10.2 Å². The lowest BCUT2D eigenvalue weighted by molar-refractivity contribution is -0.133. The quantitative estimate of drug-likeness (QED) is 0.858. The average molecular weight is 291 g/mol. The van der Waals surface area contributed by atoms with Gasteiger partial charge >= 0.3 is 5.97 Å². The van der Waals surface area contributed by atoms with Crippen molar-refractivity contribution in [3.05, 3.63) is 41.2 Å². The fourth-order valence-electron chi connectivity index (χ4n) is 2.22. The second-order valence-corrected chi connectivity index (χ2v) is 5.56. The van der Waals surface area contributed by atoms with E-state index in [0.717, 1.165) is 5.82 Å². The number of nitrogens with zero attached hydrogens (tertiary/aromatic N) is 3. The van der Waals surface area contributed by atoms with Crippen LogP contribution in [0.2, 0.25) is 0 Å². The van der Waals surface area contributed by atoms with E-state index in [1.54, 1.807) is 0 Å². The standard InChI is InChI=1S/C14H17N3O2S/c1-9-6-4-5-7-12(9)10(2)17-11(3)15-16-14(17)20-8-13(18)19/h4-7,10H,8H2,1-3H3,(H,18,19). The summed E-state index contributed by atoms with van der Waals surface area (Å²) in [6.07, 6.45) is 0. The zero-order chi connectivity index (χ0) is 14.7.